The van der Waals surface area contributed by atoms with Crippen LogP contribution in [-0.2, 0) is 12.8 Å². The standard InChI is InChI=1S/C12H16N2S/c1-8(2)9-3-4-10-11(7-9)14-5-6-15-12(14)13-10/h5-6,8-9H,3-4,7H2,1-2H3. The molecular weight excluding hydrogens is 204 g/mol. The van der Waals surface area contributed by atoms with Crippen LogP contribution in [0.4, 0.5) is 0 Å². The maximum absolute atomic E-state index is 4.69. The minimum atomic E-state index is 0.794. The summed E-state index contributed by atoms with van der Waals surface area (Å²) in [4.78, 5) is 5.86. The van der Waals surface area contributed by atoms with Gasteiger partial charge in [-0.15, -0.1) is 11.3 Å². The Balaban J connectivity index is 2.05. The first-order chi connectivity index (χ1) is 7.25. The summed E-state index contributed by atoms with van der Waals surface area (Å²) in [6.45, 7) is 4.67. The third-order valence-electron chi connectivity index (χ3n) is 3.59. The fourth-order valence-corrected chi connectivity index (χ4v) is 3.29. The first-order valence-electron chi connectivity index (χ1n) is 5.69. The van der Waals surface area contributed by atoms with E-state index in [0.29, 0.717) is 0 Å². The largest absolute Gasteiger partial charge is 0.294 e. The number of fused-ring (bicyclic) bond motifs is 3. The molecule has 2 aromatic heterocycles. The van der Waals surface area contributed by atoms with Crippen LogP contribution >= 0.6 is 11.3 Å². The van der Waals surface area contributed by atoms with Gasteiger partial charge in [0.1, 0.15) is 0 Å². The Labute approximate surface area is 94.0 Å². The Morgan fingerprint density at radius 1 is 1.53 bits per heavy atom. The monoisotopic (exact) mass is 220 g/mol. The number of aryl methyl sites for hydroxylation is 1. The van der Waals surface area contributed by atoms with Gasteiger partial charge in [0.05, 0.1) is 5.69 Å². The van der Waals surface area contributed by atoms with Crippen molar-refractivity contribution in [1.29, 1.82) is 0 Å². The molecule has 0 N–H and O–H groups in total. The summed E-state index contributed by atoms with van der Waals surface area (Å²) in [5.41, 5.74) is 2.81. The Hall–Kier alpha value is -0.830. The molecule has 0 aliphatic heterocycles. The Bertz CT molecular complexity index is 481. The minimum absolute atomic E-state index is 0.794. The highest BCUT2D eigenvalue weighted by Crippen LogP contribution is 2.31. The number of nitrogens with zero attached hydrogens (tertiary/aromatic N) is 2. The lowest BCUT2D eigenvalue weighted by Gasteiger charge is -2.24. The molecule has 0 amide bonds. The number of rotatable bonds is 1. The van der Waals surface area contributed by atoms with Crippen LogP contribution in [0.5, 0.6) is 0 Å². The molecule has 0 saturated heterocycles. The van der Waals surface area contributed by atoms with Gasteiger partial charge in [-0.25, -0.2) is 4.98 Å². The molecule has 1 aliphatic rings. The van der Waals surface area contributed by atoms with E-state index in [0.717, 1.165) is 11.8 Å². The van der Waals surface area contributed by atoms with Crippen molar-refractivity contribution in [1.82, 2.24) is 9.38 Å². The van der Waals surface area contributed by atoms with Crippen molar-refractivity contribution in [3.05, 3.63) is 23.0 Å². The van der Waals surface area contributed by atoms with Gasteiger partial charge in [0.2, 0.25) is 0 Å². The lowest BCUT2D eigenvalue weighted by molar-refractivity contribution is 0.337. The topological polar surface area (TPSA) is 17.3 Å². The first kappa shape index (κ1) is 9.40. The molecule has 1 atom stereocenters. The van der Waals surface area contributed by atoms with Crippen LogP contribution in [0.15, 0.2) is 11.6 Å². The molecule has 2 nitrogen and oxygen atoms in total. The molecule has 0 spiro atoms. The van der Waals surface area contributed by atoms with Crippen LogP contribution in [0.3, 0.4) is 0 Å². The molecule has 0 aromatic carbocycles. The molecule has 0 fully saturated rings. The minimum Gasteiger partial charge on any atom is -0.294 e. The van der Waals surface area contributed by atoms with E-state index in [9.17, 15) is 0 Å². The molecule has 80 valence electrons. The first-order valence-corrected chi connectivity index (χ1v) is 6.57. The SMILES string of the molecule is CC(C)C1CCc2nc3sccn3c2C1. The molecule has 1 unspecified atom stereocenters. The summed E-state index contributed by atoms with van der Waals surface area (Å²) >= 11 is 1.74. The van der Waals surface area contributed by atoms with Gasteiger partial charge < -0.3 is 0 Å². The lowest BCUT2D eigenvalue weighted by Crippen LogP contribution is -2.19. The summed E-state index contributed by atoms with van der Waals surface area (Å²) in [6.07, 6.45) is 5.86. The van der Waals surface area contributed by atoms with E-state index >= 15 is 0 Å². The van der Waals surface area contributed by atoms with Gasteiger partial charge in [0.15, 0.2) is 4.96 Å². The molecular formula is C12H16N2S. The third kappa shape index (κ3) is 1.41. The molecule has 0 saturated carbocycles. The van der Waals surface area contributed by atoms with Crippen molar-refractivity contribution >= 4 is 16.3 Å². The maximum Gasteiger partial charge on any atom is 0.194 e. The summed E-state index contributed by atoms with van der Waals surface area (Å²) in [6, 6.07) is 0. The van der Waals surface area contributed by atoms with Crippen molar-refractivity contribution < 1.29 is 0 Å². The van der Waals surface area contributed by atoms with Crippen molar-refractivity contribution in [3.8, 4) is 0 Å². The van der Waals surface area contributed by atoms with Crippen molar-refractivity contribution in [3.63, 3.8) is 0 Å². The Morgan fingerprint density at radius 2 is 2.40 bits per heavy atom. The van der Waals surface area contributed by atoms with Gasteiger partial charge in [-0.1, -0.05) is 13.8 Å². The summed E-state index contributed by atoms with van der Waals surface area (Å²) in [5.74, 6) is 1.64. The molecule has 0 radical (unpaired) electrons. The highest BCUT2D eigenvalue weighted by Gasteiger charge is 2.25. The highest BCUT2D eigenvalue weighted by atomic mass is 32.1. The average Bonchev–Trinajstić information content (AvgIpc) is 2.75. The molecule has 0 bridgehead atoms. The zero-order valence-electron chi connectivity index (χ0n) is 9.23. The Morgan fingerprint density at radius 3 is 3.20 bits per heavy atom. The van der Waals surface area contributed by atoms with Crippen LogP contribution in [0.1, 0.15) is 31.7 Å². The number of hydrogen-bond acceptors (Lipinski definition) is 2. The van der Waals surface area contributed by atoms with E-state index in [-0.39, 0.29) is 0 Å². The fraction of sp³-hybridized carbons (Fsp3) is 0.583. The maximum atomic E-state index is 4.69. The van der Waals surface area contributed by atoms with Crippen molar-refractivity contribution in [2.45, 2.75) is 33.1 Å². The zero-order valence-corrected chi connectivity index (χ0v) is 10.0. The molecule has 3 rings (SSSR count). The molecule has 2 aromatic rings. The van der Waals surface area contributed by atoms with Gasteiger partial charge in [0.25, 0.3) is 0 Å². The van der Waals surface area contributed by atoms with E-state index in [2.05, 4.69) is 34.8 Å². The van der Waals surface area contributed by atoms with Gasteiger partial charge in [-0.05, 0) is 31.1 Å². The number of hydrogen-bond donors (Lipinski definition) is 0. The van der Waals surface area contributed by atoms with Crippen LogP contribution < -0.4 is 0 Å². The average molecular weight is 220 g/mol. The zero-order chi connectivity index (χ0) is 10.4. The van der Waals surface area contributed by atoms with Gasteiger partial charge in [-0.3, -0.25) is 4.40 Å². The molecule has 2 heterocycles. The fourth-order valence-electron chi connectivity index (χ4n) is 2.54. The third-order valence-corrected chi connectivity index (χ3v) is 4.35. The smallest absolute Gasteiger partial charge is 0.194 e. The normalized spacial score (nSPS) is 21.1. The second-order valence-electron chi connectivity index (χ2n) is 4.81. The van der Waals surface area contributed by atoms with Crippen LogP contribution in [0, 0.1) is 11.8 Å². The lowest BCUT2D eigenvalue weighted by atomic mass is 9.82. The van der Waals surface area contributed by atoms with E-state index in [4.69, 9.17) is 0 Å². The van der Waals surface area contributed by atoms with Gasteiger partial charge >= 0.3 is 0 Å². The molecule has 3 heteroatoms. The van der Waals surface area contributed by atoms with Crippen LogP contribution in [0.25, 0.3) is 4.96 Å². The molecule has 15 heavy (non-hydrogen) atoms. The van der Waals surface area contributed by atoms with Gasteiger partial charge in [0, 0.05) is 17.3 Å². The Kier molecular flexibility index (Phi) is 2.09. The summed E-state index contributed by atoms with van der Waals surface area (Å²) in [7, 11) is 0. The van der Waals surface area contributed by atoms with Gasteiger partial charge in [-0.2, -0.15) is 0 Å². The van der Waals surface area contributed by atoms with Crippen LogP contribution in [-0.4, -0.2) is 9.38 Å². The quantitative estimate of drug-likeness (QED) is 0.721. The van der Waals surface area contributed by atoms with E-state index < -0.39 is 0 Å². The van der Waals surface area contributed by atoms with E-state index in [1.807, 2.05) is 0 Å². The predicted molar refractivity (Wildman–Crippen MR) is 63.4 cm³/mol. The summed E-state index contributed by atoms with van der Waals surface area (Å²) in [5, 5.41) is 2.13. The van der Waals surface area contributed by atoms with E-state index in [1.165, 1.54) is 35.6 Å². The highest BCUT2D eigenvalue weighted by molar-refractivity contribution is 7.15. The van der Waals surface area contributed by atoms with Crippen molar-refractivity contribution in [2.75, 3.05) is 0 Å². The summed E-state index contributed by atoms with van der Waals surface area (Å²) < 4.78 is 2.29. The van der Waals surface area contributed by atoms with E-state index in [1.54, 1.807) is 11.3 Å². The van der Waals surface area contributed by atoms with Crippen molar-refractivity contribution in [2.24, 2.45) is 11.8 Å². The number of imidazole rings is 1. The predicted octanol–water partition coefficient (Wildman–Crippen LogP) is 3.16. The number of aromatic nitrogens is 2. The second-order valence-corrected chi connectivity index (χ2v) is 5.68. The van der Waals surface area contributed by atoms with Crippen LogP contribution in [0.2, 0.25) is 0 Å². The molecule has 1 aliphatic carbocycles. The second kappa shape index (κ2) is 3.34. The number of thiazole rings is 1.